The van der Waals surface area contributed by atoms with Gasteiger partial charge in [0.2, 0.25) is 5.91 Å². The molecule has 1 saturated heterocycles. The summed E-state index contributed by atoms with van der Waals surface area (Å²) in [5, 5.41) is 0. The van der Waals surface area contributed by atoms with E-state index >= 15 is 0 Å². The van der Waals surface area contributed by atoms with Crippen LogP contribution in [0.5, 0.6) is 0 Å². The van der Waals surface area contributed by atoms with Crippen LogP contribution in [-0.2, 0) is 11.2 Å². The number of rotatable bonds is 4. The van der Waals surface area contributed by atoms with Gasteiger partial charge in [0.1, 0.15) is 5.82 Å². The van der Waals surface area contributed by atoms with Crippen LogP contribution in [0.2, 0.25) is 0 Å². The molecule has 1 aliphatic heterocycles. The summed E-state index contributed by atoms with van der Waals surface area (Å²) in [6.45, 7) is 3.07. The van der Waals surface area contributed by atoms with E-state index in [1.807, 2.05) is 53.6 Å². The molecule has 4 rings (SSSR count). The van der Waals surface area contributed by atoms with Gasteiger partial charge in [-0.15, -0.1) is 0 Å². The Balaban J connectivity index is 1.33. The molecule has 0 atom stereocenters. The summed E-state index contributed by atoms with van der Waals surface area (Å²) < 4.78 is 0. The lowest BCUT2D eigenvalue weighted by atomic mass is 10.1. The molecule has 1 amide bonds. The number of nitrogens with zero attached hydrogens (tertiary/aromatic N) is 4. The smallest absolute Gasteiger partial charge is 0.223 e. The maximum Gasteiger partial charge on any atom is 0.223 e. The van der Waals surface area contributed by atoms with Crippen molar-refractivity contribution >= 4 is 22.8 Å². The Bertz CT molecular complexity index is 889. The first kappa shape index (κ1) is 16.5. The highest BCUT2D eigenvalue weighted by molar-refractivity contribution is 5.77. The zero-order valence-electron chi connectivity index (χ0n) is 14.7. The highest BCUT2D eigenvalue weighted by Crippen LogP contribution is 2.17. The van der Waals surface area contributed by atoms with Crippen LogP contribution in [0.15, 0.2) is 60.8 Å². The maximum absolute atomic E-state index is 12.5. The van der Waals surface area contributed by atoms with Crippen LogP contribution < -0.4 is 4.90 Å². The maximum atomic E-state index is 12.5. The van der Waals surface area contributed by atoms with Gasteiger partial charge in [-0.25, -0.2) is 4.98 Å². The van der Waals surface area contributed by atoms with Gasteiger partial charge in [-0.05, 0) is 24.1 Å². The zero-order valence-corrected chi connectivity index (χ0v) is 14.7. The molecule has 5 nitrogen and oxygen atoms in total. The Hall–Kier alpha value is -2.95. The number of hydrogen-bond donors (Lipinski definition) is 0. The van der Waals surface area contributed by atoms with Crippen LogP contribution in [0, 0.1) is 0 Å². The van der Waals surface area contributed by atoms with E-state index in [2.05, 4.69) is 22.0 Å². The molecule has 1 aliphatic rings. The number of anilines is 1. The van der Waals surface area contributed by atoms with E-state index in [4.69, 9.17) is 4.98 Å². The van der Waals surface area contributed by atoms with Crippen LogP contribution >= 0.6 is 0 Å². The molecular formula is C21H22N4O. The molecule has 1 aromatic heterocycles. The second-order valence-corrected chi connectivity index (χ2v) is 6.57. The number of piperazine rings is 1. The molecule has 0 saturated carbocycles. The number of hydrogen-bond acceptors (Lipinski definition) is 4. The topological polar surface area (TPSA) is 49.3 Å². The summed E-state index contributed by atoms with van der Waals surface area (Å²) in [6, 6.07) is 18.1. The average Bonchev–Trinajstić information content (AvgIpc) is 2.72. The number of benzene rings is 2. The average molecular weight is 346 g/mol. The third-order valence-corrected chi connectivity index (χ3v) is 4.86. The van der Waals surface area contributed by atoms with E-state index in [0.29, 0.717) is 6.42 Å². The van der Waals surface area contributed by atoms with E-state index in [1.54, 1.807) is 0 Å². The lowest BCUT2D eigenvalue weighted by Gasteiger charge is -2.35. The van der Waals surface area contributed by atoms with Crippen molar-refractivity contribution in [3.63, 3.8) is 0 Å². The largest absolute Gasteiger partial charge is 0.352 e. The highest BCUT2D eigenvalue weighted by Gasteiger charge is 2.22. The predicted molar refractivity (Wildman–Crippen MR) is 103 cm³/mol. The summed E-state index contributed by atoms with van der Waals surface area (Å²) in [5.74, 6) is 1.12. The van der Waals surface area contributed by atoms with Crippen molar-refractivity contribution in [2.45, 2.75) is 12.8 Å². The van der Waals surface area contributed by atoms with E-state index in [9.17, 15) is 4.79 Å². The van der Waals surface area contributed by atoms with Crippen LogP contribution in [-0.4, -0.2) is 47.0 Å². The zero-order chi connectivity index (χ0) is 17.8. The monoisotopic (exact) mass is 346 g/mol. The minimum absolute atomic E-state index is 0.234. The molecule has 132 valence electrons. The molecule has 1 fully saturated rings. The first-order valence-electron chi connectivity index (χ1n) is 9.08. The van der Waals surface area contributed by atoms with Crippen LogP contribution in [0.3, 0.4) is 0 Å². The summed E-state index contributed by atoms with van der Waals surface area (Å²) in [4.78, 5) is 25.8. The third-order valence-electron chi connectivity index (χ3n) is 4.86. The first-order valence-corrected chi connectivity index (χ1v) is 9.08. The standard InChI is InChI=1S/C21H22N4O/c26-21(11-10-17-6-2-1-3-7-17)25-14-12-24(13-15-25)20-16-22-18-8-4-5-9-19(18)23-20/h1-9,16H,10-15H2. The second kappa shape index (κ2) is 7.52. The molecule has 0 bridgehead atoms. The third kappa shape index (κ3) is 3.67. The van der Waals surface area contributed by atoms with Crippen molar-refractivity contribution in [3.8, 4) is 0 Å². The number of para-hydroxylation sites is 2. The fourth-order valence-electron chi connectivity index (χ4n) is 3.34. The molecule has 26 heavy (non-hydrogen) atoms. The van der Waals surface area contributed by atoms with Crippen LogP contribution in [0.1, 0.15) is 12.0 Å². The molecule has 3 aromatic rings. The molecule has 0 unspecified atom stereocenters. The van der Waals surface area contributed by atoms with Gasteiger partial charge in [-0.3, -0.25) is 9.78 Å². The van der Waals surface area contributed by atoms with Crippen molar-refractivity contribution in [2.24, 2.45) is 0 Å². The number of amides is 1. The second-order valence-electron chi connectivity index (χ2n) is 6.57. The van der Waals surface area contributed by atoms with Crippen molar-refractivity contribution in [1.29, 1.82) is 0 Å². The van der Waals surface area contributed by atoms with Crippen molar-refractivity contribution in [2.75, 3.05) is 31.1 Å². The van der Waals surface area contributed by atoms with Gasteiger partial charge < -0.3 is 9.80 Å². The van der Waals surface area contributed by atoms with Gasteiger partial charge in [0.15, 0.2) is 0 Å². The van der Waals surface area contributed by atoms with Gasteiger partial charge in [-0.2, -0.15) is 0 Å². The fourth-order valence-corrected chi connectivity index (χ4v) is 3.34. The predicted octanol–water partition coefficient (Wildman–Crippen LogP) is 2.91. The minimum Gasteiger partial charge on any atom is -0.352 e. The van der Waals surface area contributed by atoms with Crippen molar-refractivity contribution in [1.82, 2.24) is 14.9 Å². The van der Waals surface area contributed by atoms with Gasteiger partial charge >= 0.3 is 0 Å². The number of carbonyl (C=O) groups is 1. The van der Waals surface area contributed by atoms with Crippen LogP contribution in [0.4, 0.5) is 5.82 Å². The number of carbonyl (C=O) groups excluding carboxylic acids is 1. The molecule has 0 N–H and O–H groups in total. The molecule has 0 radical (unpaired) electrons. The number of aryl methyl sites for hydroxylation is 1. The molecule has 0 spiro atoms. The number of fused-ring (bicyclic) bond motifs is 1. The van der Waals surface area contributed by atoms with Gasteiger partial charge in [-0.1, -0.05) is 42.5 Å². The quantitative estimate of drug-likeness (QED) is 0.729. The van der Waals surface area contributed by atoms with E-state index in [-0.39, 0.29) is 5.91 Å². The Morgan fingerprint density at radius 1 is 0.885 bits per heavy atom. The van der Waals surface area contributed by atoms with E-state index in [1.165, 1.54) is 5.56 Å². The summed E-state index contributed by atoms with van der Waals surface area (Å²) in [5.41, 5.74) is 3.03. The normalized spacial score (nSPS) is 14.6. The number of aromatic nitrogens is 2. The summed E-state index contributed by atoms with van der Waals surface area (Å²) >= 11 is 0. The summed E-state index contributed by atoms with van der Waals surface area (Å²) in [7, 11) is 0. The fraction of sp³-hybridized carbons (Fsp3) is 0.286. The lowest BCUT2D eigenvalue weighted by Crippen LogP contribution is -2.49. The van der Waals surface area contributed by atoms with Crippen molar-refractivity contribution in [3.05, 3.63) is 66.4 Å². The molecule has 2 aromatic carbocycles. The van der Waals surface area contributed by atoms with E-state index < -0.39 is 0 Å². The van der Waals surface area contributed by atoms with Gasteiger partial charge in [0.25, 0.3) is 0 Å². The van der Waals surface area contributed by atoms with Crippen molar-refractivity contribution < 1.29 is 4.79 Å². The first-order chi connectivity index (χ1) is 12.8. The molecular weight excluding hydrogens is 324 g/mol. The van der Waals surface area contributed by atoms with Gasteiger partial charge in [0.05, 0.1) is 17.2 Å². The van der Waals surface area contributed by atoms with E-state index in [0.717, 1.165) is 49.5 Å². The highest BCUT2D eigenvalue weighted by atomic mass is 16.2. The summed E-state index contributed by atoms with van der Waals surface area (Å²) in [6.07, 6.45) is 3.20. The lowest BCUT2D eigenvalue weighted by molar-refractivity contribution is -0.131. The molecule has 0 aliphatic carbocycles. The van der Waals surface area contributed by atoms with Crippen LogP contribution in [0.25, 0.3) is 11.0 Å². The minimum atomic E-state index is 0.234. The Morgan fingerprint density at radius 2 is 1.58 bits per heavy atom. The van der Waals surface area contributed by atoms with Gasteiger partial charge in [0, 0.05) is 32.6 Å². The Kier molecular flexibility index (Phi) is 4.78. The molecule has 2 heterocycles. The Labute approximate surface area is 153 Å². The molecule has 5 heteroatoms. The Morgan fingerprint density at radius 3 is 2.35 bits per heavy atom. The SMILES string of the molecule is O=C(CCc1ccccc1)N1CCN(c2cnc3ccccc3n2)CC1.